The predicted molar refractivity (Wildman–Crippen MR) is 26.3 cm³/mol. The molecule has 15 heavy (non-hydrogen) atoms. The van der Waals surface area contributed by atoms with E-state index < -0.39 is 30.6 Å². The van der Waals surface area contributed by atoms with Crippen LogP contribution in [0.2, 0.25) is 0 Å². The molecule has 1 radical (unpaired) electrons. The molecule has 0 nitrogen and oxygen atoms in total. The van der Waals surface area contributed by atoms with Gasteiger partial charge in [0.05, 0.1) is 0 Å². The molecule has 0 saturated heterocycles. The van der Waals surface area contributed by atoms with Crippen molar-refractivity contribution < 1.29 is 43.9 Å². The van der Waals surface area contributed by atoms with Crippen LogP contribution in [0, 0.1) is 6.43 Å². The summed E-state index contributed by atoms with van der Waals surface area (Å²) in [4.78, 5) is 0. The highest BCUT2D eigenvalue weighted by atomic mass is 19.4. The van der Waals surface area contributed by atoms with Gasteiger partial charge in [-0.05, 0) is 0 Å². The van der Waals surface area contributed by atoms with E-state index in [9.17, 15) is 43.9 Å². The molecule has 0 heterocycles. The zero-order valence-electron chi connectivity index (χ0n) is 6.36. The molecule has 0 aromatic carbocycles. The van der Waals surface area contributed by atoms with E-state index in [0.29, 0.717) is 0 Å². The van der Waals surface area contributed by atoms with E-state index in [-0.39, 0.29) is 0 Å². The van der Waals surface area contributed by atoms with Crippen LogP contribution in [0.4, 0.5) is 43.9 Å². The van der Waals surface area contributed by atoms with Gasteiger partial charge >= 0.3 is 24.4 Å². The standard InChI is InChI=1S/C5HF10/c6-1(5(13,14)15)3(9,10)4(11,12)2(7)8/h1H. The van der Waals surface area contributed by atoms with Crippen molar-refractivity contribution in [3.63, 3.8) is 0 Å². The molecule has 0 aromatic rings. The minimum atomic E-state index is -6.55. The highest BCUT2D eigenvalue weighted by Gasteiger charge is 2.74. The lowest BCUT2D eigenvalue weighted by atomic mass is 10.1. The summed E-state index contributed by atoms with van der Waals surface area (Å²) in [6.07, 6.45) is -16.0. The van der Waals surface area contributed by atoms with Crippen molar-refractivity contribution in [1.29, 1.82) is 0 Å². The van der Waals surface area contributed by atoms with Gasteiger partial charge in [-0.25, -0.2) is 4.39 Å². The van der Waals surface area contributed by atoms with E-state index in [1.165, 1.54) is 0 Å². The van der Waals surface area contributed by atoms with Gasteiger partial charge in [-0.1, -0.05) is 0 Å². The van der Waals surface area contributed by atoms with Gasteiger partial charge in [0.15, 0.2) is 0 Å². The van der Waals surface area contributed by atoms with Crippen molar-refractivity contribution in [3.8, 4) is 0 Å². The minimum Gasteiger partial charge on any atom is -0.230 e. The first-order valence-electron chi connectivity index (χ1n) is 3.00. The second-order valence-electron chi connectivity index (χ2n) is 2.36. The molecule has 0 spiro atoms. The average Bonchev–Trinajstić information content (AvgIpc) is 2.00. The Bertz CT molecular complexity index is 214. The van der Waals surface area contributed by atoms with Gasteiger partial charge < -0.3 is 0 Å². The first kappa shape index (κ1) is 14.3. The first-order valence-corrected chi connectivity index (χ1v) is 3.00. The highest BCUT2D eigenvalue weighted by Crippen LogP contribution is 2.49. The Morgan fingerprint density at radius 2 is 1.13 bits per heavy atom. The molecule has 0 saturated carbocycles. The predicted octanol–water partition coefficient (Wildman–Crippen LogP) is 3.59. The Hall–Kier alpha value is -0.700. The zero-order valence-corrected chi connectivity index (χ0v) is 6.36. The van der Waals surface area contributed by atoms with E-state index in [4.69, 9.17) is 0 Å². The second kappa shape index (κ2) is 3.71. The van der Waals surface area contributed by atoms with Crippen LogP contribution in [-0.2, 0) is 0 Å². The highest BCUT2D eigenvalue weighted by molar-refractivity contribution is 5.02. The third-order valence-corrected chi connectivity index (χ3v) is 1.26. The number of hydrogen-bond acceptors (Lipinski definition) is 0. The molecule has 91 valence electrons. The van der Waals surface area contributed by atoms with Gasteiger partial charge in [0.2, 0.25) is 0 Å². The summed E-state index contributed by atoms with van der Waals surface area (Å²) in [5, 5.41) is 0. The van der Waals surface area contributed by atoms with E-state index >= 15 is 0 Å². The Kier molecular flexibility index (Phi) is 3.53. The molecule has 10 heteroatoms. The zero-order chi connectivity index (χ0) is 12.7. The van der Waals surface area contributed by atoms with Crippen LogP contribution in [-0.4, -0.2) is 24.2 Å². The molecule has 0 aromatic heterocycles. The largest absolute Gasteiger partial charge is 0.425 e. The van der Waals surface area contributed by atoms with E-state index in [0.717, 1.165) is 0 Å². The van der Waals surface area contributed by atoms with Gasteiger partial charge in [-0.3, -0.25) is 0 Å². The van der Waals surface area contributed by atoms with E-state index in [1.807, 2.05) is 0 Å². The summed E-state index contributed by atoms with van der Waals surface area (Å²) in [5.74, 6) is -13.0. The Balaban J connectivity index is 5.14. The molecule has 0 bridgehead atoms. The van der Waals surface area contributed by atoms with Crippen LogP contribution in [0.1, 0.15) is 0 Å². The smallest absolute Gasteiger partial charge is 0.230 e. The van der Waals surface area contributed by atoms with Crippen molar-refractivity contribution >= 4 is 0 Å². The summed E-state index contributed by atoms with van der Waals surface area (Å²) in [6.45, 7) is 0. The molecule has 1 unspecified atom stereocenters. The Labute approximate surface area is 75.9 Å². The monoisotopic (exact) mass is 251 g/mol. The summed E-state index contributed by atoms with van der Waals surface area (Å²) in [7, 11) is 0. The SMILES string of the molecule is F[C](F)C(F)(F)C(F)(F)C(F)C(F)(F)F. The molecular formula is C5HF10. The number of alkyl halides is 8. The van der Waals surface area contributed by atoms with Crippen LogP contribution in [0.5, 0.6) is 0 Å². The molecule has 0 amide bonds. The van der Waals surface area contributed by atoms with Crippen molar-refractivity contribution in [3.05, 3.63) is 6.43 Å². The molecule has 1 atom stereocenters. The van der Waals surface area contributed by atoms with Crippen LogP contribution in [0.25, 0.3) is 0 Å². The van der Waals surface area contributed by atoms with E-state index in [2.05, 4.69) is 0 Å². The summed E-state index contributed by atoms with van der Waals surface area (Å²) in [6, 6.07) is 0. The summed E-state index contributed by atoms with van der Waals surface area (Å²) in [5.41, 5.74) is 0. The number of rotatable bonds is 3. The van der Waals surface area contributed by atoms with Crippen LogP contribution in [0.3, 0.4) is 0 Å². The maximum absolute atomic E-state index is 12.0. The molecule has 0 rings (SSSR count). The minimum absolute atomic E-state index is 4.29. The maximum Gasteiger partial charge on any atom is 0.425 e. The fourth-order valence-corrected chi connectivity index (χ4v) is 0.491. The third kappa shape index (κ3) is 2.46. The molecule has 0 aliphatic heterocycles. The lowest BCUT2D eigenvalue weighted by Gasteiger charge is -2.28. The fourth-order valence-electron chi connectivity index (χ4n) is 0.491. The molecular weight excluding hydrogens is 250 g/mol. The van der Waals surface area contributed by atoms with Crippen molar-refractivity contribution in [1.82, 2.24) is 0 Å². The molecule has 0 fully saturated rings. The second-order valence-corrected chi connectivity index (χ2v) is 2.36. The van der Waals surface area contributed by atoms with Crippen LogP contribution >= 0.6 is 0 Å². The van der Waals surface area contributed by atoms with Gasteiger partial charge in [-0.2, -0.15) is 39.5 Å². The summed E-state index contributed by atoms with van der Waals surface area (Å²) < 4.78 is 116. The molecule has 0 aliphatic carbocycles. The molecule has 0 aliphatic rings. The van der Waals surface area contributed by atoms with Gasteiger partial charge in [0.25, 0.3) is 6.17 Å². The van der Waals surface area contributed by atoms with Gasteiger partial charge in [0.1, 0.15) is 0 Å². The number of hydrogen-bond donors (Lipinski definition) is 0. The molecule has 0 N–H and O–H groups in total. The van der Waals surface area contributed by atoms with Crippen molar-refractivity contribution in [2.45, 2.75) is 24.2 Å². The van der Waals surface area contributed by atoms with Crippen LogP contribution < -0.4 is 0 Å². The first-order chi connectivity index (χ1) is 6.35. The normalized spacial score (nSPS) is 17.0. The lowest BCUT2D eigenvalue weighted by molar-refractivity contribution is -0.312. The quantitative estimate of drug-likeness (QED) is 0.672. The van der Waals surface area contributed by atoms with Crippen molar-refractivity contribution in [2.24, 2.45) is 0 Å². The average molecular weight is 251 g/mol. The topological polar surface area (TPSA) is 0 Å². The maximum atomic E-state index is 12.0. The fraction of sp³-hybridized carbons (Fsp3) is 0.800. The van der Waals surface area contributed by atoms with Gasteiger partial charge in [-0.15, -0.1) is 0 Å². The third-order valence-electron chi connectivity index (χ3n) is 1.26. The summed E-state index contributed by atoms with van der Waals surface area (Å²) >= 11 is 0. The Morgan fingerprint density at radius 1 is 0.800 bits per heavy atom. The lowest BCUT2D eigenvalue weighted by Crippen LogP contribution is -2.54. The Morgan fingerprint density at radius 3 is 1.33 bits per heavy atom. The van der Waals surface area contributed by atoms with Gasteiger partial charge in [0, 0.05) is 0 Å². The van der Waals surface area contributed by atoms with E-state index in [1.54, 1.807) is 0 Å². The van der Waals surface area contributed by atoms with Crippen molar-refractivity contribution in [2.75, 3.05) is 0 Å². The number of halogens is 10. The van der Waals surface area contributed by atoms with Crippen LogP contribution in [0.15, 0.2) is 0 Å².